The third kappa shape index (κ3) is 3.49. The van der Waals surface area contributed by atoms with Crippen LogP contribution in [0.1, 0.15) is 34.6 Å². The molecule has 0 saturated carbocycles. The highest BCUT2D eigenvalue weighted by molar-refractivity contribution is 7.22. The zero-order valence-corrected chi connectivity index (χ0v) is 18.1. The monoisotopic (exact) mass is 417 g/mol. The van der Waals surface area contributed by atoms with Crippen LogP contribution in [-0.4, -0.2) is 51.8 Å². The quantitative estimate of drug-likeness (QED) is 0.645. The first kappa shape index (κ1) is 19.2. The summed E-state index contributed by atoms with van der Waals surface area (Å²) < 4.78 is 2.87. The highest BCUT2D eigenvalue weighted by Crippen LogP contribution is 2.34. The summed E-state index contributed by atoms with van der Waals surface area (Å²) in [6.45, 7) is 5.77. The molecule has 1 aliphatic heterocycles. The Balaban J connectivity index is 1.44. The molecule has 0 spiro atoms. The Morgan fingerprint density at radius 1 is 1.25 bits per heavy atom. The van der Waals surface area contributed by atoms with Crippen molar-refractivity contribution in [3.05, 3.63) is 40.2 Å². The number of carbonyl (C=O) groups excluding carboxylic acids is 1. The number of anilines is 1. The van der Waals surface area contributed by atoms with Crippen LogP contribution in [0.3, 0.4) is 0 Å². The van der Waals surface area contributed by atoms with Gasteiger partial charge in [0.2, 0.25) is 0 Å². The standard InChI is InChI=1S/C20H24ClN5OS/c1-12-9-14(21)11-17-18(12)22-20(28-17)26-7-5-15(6-8-26)24(3)19(27)16-10-13(2)25(4)23-16/h9-11,15H,5-8H2,1-4H3. The van der Waals surface area contributed by atoms with E-state index in [1.54, 1.807) is 16.0 Å². The maximum Gasteiger partial charge on any atom is 0.274 e. The fourth-order valence-corrected chi connectivity index (χ4v) is 5.21. The van der Waals surface area contributed by atoms with Gasteiger partial charge in [0.1, 0.15) is 0 Å². The van der Waals surface area contributed by atoms with Gasteiger partial charge in [-0.2, -0.15) is 5.10 Å². The Morgan fingerprint density at radius 2 is 1.96 bits per heavy atom. The molecular weight excluding hydrogens is 394 g/mol. The number of benzene rings is 1. The van der Waals surface area contributed by atoms with Gasteiger partial charge >= 0.3 is 0 Å². The molecule has 0 unspecified atom stereocenters. The number of amides is 1. The molecule has 1 fully saturated rings. The third-order valence-electron chi connectivity index (χ3n) is 5.57. The molecule has 0 bridgehead atoms. The molecule has 1 amide bonds. The lowest BCUT2D eigenvalue weighted by atomic mass is 10.0. The number of thiazole rings is 1. The van der Waals surface area contributed by atoms with E-state index in [1.165, 1.54) is 0 Å². The molecule has 28 heavy (non-hydrogen) atoms. The van der Waals surface area contributed by atoms with Crippen LogP contribution in [0.5, 0.6) is 0 Å². The zero-order chi connectivity index (χ0) is 20.0. The molecular formula is C20H24ClN5OS. The number of rotatable bonds is 3. The summed E-state index contributed by atoms with van der Waals surface area (Å²) in [6.07, 6.45) is 1.84. The Hall–Kier alpha value is -2.12. The minimum atomic E-state index is -0.00703. The lowest BCUT2D eigenvalue weighted by Crippen LogP contribution is -2.45. The van der Waals surface area contributed by atoms with Crippen LogP contribution in [0, 0.1) is 13.8 Å². The summed E-state index contributed by atoms with van der Waals surface area (Å²) in [5, 5.41) is 6.11. The lowest BCUT2D eigenvalue weighted by Gasteiger charge is -2.36. The number of hydrogen-bond acceptors (Lipinski definition) is 5. The summed E-state index contributed by atoms with van der Waals surface area (Å²) in [5.41, 5.74) is 3.64. The molecule has 0 atom stereocenters. The zero-order valence-electron chi connectivity index (χ0n) is 16.6. The summed E-state index contributed by atoms with van der Waals surface area (Å²) in [4.78, 5) is 21.8. The molecule has 6 nitrogen and oxygen atoms in total. The van der Waals surface area contributed by atoms with Crippen molar-refractivity contribution in [2.75, 3.05) is 25.0 Å². The number of carbonyl (C=O) groups is 1. The molecule has 0 radical (unpaired) electrons. The molecule has 0 aliphatic carbocycles. The first-order chi connectivity index (χ1) is 13.3. The predicted octanol–water partition coefficient (Wildman–Crippen LogP) is 4.04. The number of fused-ring (bicyclic) bond motifs is 1. The van der Waals surface area contributed by atoms with Crippen LogP contribution in [0.25, 0.3) is 10.2 Å². The molecule has 3 aromatic rings. The van der Waals surface area contributed by atoms with Gasteiger partial charge in [-0.15, -0.1) is 0 Å². The number of aromatic nitrogens is 3. The highest BCUT2D eigenvalue weighted by Gasteiger charge is 2.28. The van der Waals surface area contributed by atoms with Gasteiger partial charge in [-0.1, -0.05) is 22.9 Å². The number of piperidine rings is 1. The van der Waals surface area contributed by atoms with Crippen LogP contribution in [-0.2, 0) is 7.05 Å². The van der Waals surface area contributed by atoms with Crippen LogP contribution in [0.4, 0.5) is 5.13 Å². The average Bonchev–Trinajstić information content (AvgIpc) is 3.24. The van der Waals surface area contributed by atoms with Crippen LogP contribution >= 0.6 is 22.9 Å². The number of nitrogens with zero attached hydrogens (tertiary/aromatic N) is 5. The highest BCUT2D eigenvalue weighted by atomic mass is 35.5. The first-order valence-electron chi connectivity index (χ1n) is 9.43. The SMILES string of the molecule is Cc1cc(Cl)cc2sc(N3CCC(N(C)C(=O)c4cc(C)n(C)n4)CC3)nc12. The summed E-state index contributed by atoms with van der Waals surface area (Å²) in [6, 6.07) is 6.01. The molecule has 0 N–H and O–H groups in total. The van der Waals surface area contributed by atoms with E-state index in [9.17, 15) is 4.79 Å². The summed E-state index contributed by atoms with van der Waals surface area (Å²) in [5.74, 6) is -0.00703. The van der Waals surface area contributed by atoms with Gasteiger partial charge in [-0.05, 0) is 50.5 Å². The Bertz CT molecular complexity index is 1020. The van der Waals surface area contributed by atoms with Gasteiger partial charge in [0.15, 0.2) is 10.8 Å². The average molecular weight is 418 g/mol. The predicted molar refractivity (Wildman–Crippen MR) is 115 cm³/mol. The van der Waals surface area contributed by atoms with Crippen LogP contribution in [0.2, 0.25) is 5.02 Å². The topological polar surface area (TPSA) is 54.3 Å². The van der Waals surface area contributed by atoms with E-state index < -0.39 is 0 Å². The van der Waals surface area contributed by atoms with Crippen molar-refractivity contribution in [2.24, 2.45) is 7.05 Å². The largest absolute Gasteiger partial charge is 0.348 e. The maximum absolute atomic E-state index is 12.8. The second-order valence-corrected chi connectivity index (χ2v) is 8.94. The van der Waals surface area contributed by atoms with Crippen molar-refractivity contribution in [1.29, 1.82) is 0 Å². The summed E-state index contributed by atoms with van der Waals surface area (Å²) >= 11 is 7.87. The number of halogens is 1. The van der Waals surface area contributed by atoms with E-state index in [0.29, 0.717) is 5.69 Å². The lowest BCUT2D eigenvalue weighted by molar-refractivity contribution is 0.0702. The van der Waals surface area contributed by atoms with Gasteiger partial charge in [0.05, 0.1) is 10.2 Å². The summed E-state index contributed by atoms with van der Waals surface area (Å²) in [7, 11) is 3.74. The van der Waals surface area contributed by atoms with E-state index in [2.05, 4.69) is 10.00 Å². The van der Waals surface area contributed by atoms with Crippen molar-refractivity contribution >= 4 is 44.2 Å². The van der Waals surface area contributed by atoms with E-state index in [-0.39, 0.29) is 11.9 Å². The van der Waals surface area contributed by atoms with E-state index in [0.717, 1.165) is 57.6 Å². The van der Waals surface area contributed by atoms with E-state index in [1.807, 2.05) is 51.0 Å². The van der Waals surface area contributed by atoms with Crippen molar-refractivity contribution in [3.8, 4) is 0 Å². The molecule has 1 saturated heterocycles. The minimum absolute atomic E-state index is 0.00703. The Kier molecular flexibility index (Phi) is 5.05. The fourth-order valence-electron chi connectivity index (χ4n) is 3.73. The fraction of sp³-hybridized carbons (Fsp3) is 0.450. The van der Waals surface area contributed by atoms with Crippen molar-refractivity contribution in [2.45, 2.75) is 32.7 Å². The van der Waals surface area contributed by atoms with Gasteiger partial charge in [0, 0.05) is 43.9 Å². The van der Waals surface area contributed by atoms with Crippen LogP contribution < -0.4 is 4.90 Å². The minimum Gasteiger partial charge on any atom is -0.348 e. The van der Waals surface area contributed by atoms with Crippen molar-refractivity contribution < 1.29 is 4.79 Å². The van der Waals surface area contributed by atoms with E-state index >= 15 is 0 Å². The Morgan fingerprint density at radius 3 is 2.61 bits per heavy atom. The molecule has 3 heterocycles. The second kappa shape index (κ2) is 7.37. The normalized spacial score (nSPS) is 15.4. The van der Waals surface area contributed by atoms with Crippen LogP contribution in [0.15, 0.2) is 18.2 Å². The first-order valence-corrected chi connectivity index (χ1v) is 10.6. The number of hydrogen-bond donors (Lipinski definition) is 0. The third-order valence-corrected chi connectivity index (χ3v) is 6.86. The maximum atomic E-state index is 12.8. The molecule has 4 rings (SSSR count). The number of aryl methyl sites for hydroxylation is 3. The van der Waals surface area contributed by atoms with Gasteiger partial charge in [-0.3, -0.25) is 9.48 Å². The smallest absolute Gasteiger partial charge is 0.274 e. The Labute approximate surface area is 173 Å². The van der Waals surface area contributed by atoms with Gasteiger partial charge in [0.25, 0.3) is 5.91 Å². The molecule has 2 aromatic heterocycles. The molecule has 1 aromatic carbocycles. The molecule has 8 heteroatoms. The molecule has 148 valence electrons. The van der Waals surface area contributed by atoms with Crippen molar-refractivity contribution in [1.82, 2.24) is 19.7 Å². The van der Waals surface area contributed by atoms with Gasteiger partial charge < -0.3 is 9.80 Å². The van der Waals surface area contributed by atoms with Gasteiger partial charge in [-0.25, -0.2) is 4.98 Å². The second-order valence-electron chi connectivity index (χ2n) is 7.49. The van der Waals surface area contributed by atoms with E-state index in [4.69, 9.17) is 16.6 Å². The van der Waals surface area contributed by atoms with Crippen molar-refractivity contribution in [3.63, 3.8) is 0 Å². The molecule has 1 aliphatic rings.